The Balaban J connectivity index is 2.54. The van der Waals surface area contributed by atoms with Crippen molar-refractivity contribution >= 4 is 0 Å². The predicted octanol–water partition coefficient (Wildman–Crippen LogP) is 2.05. The minimum absolute atomic E-state index is 0.0754. The quantitative estimate of drug-likeness (QED) is 0.669. The van der Waals surface area contributed by atoms with E-state index in [1.165, 1.54) is 6.07 Å². The van der Waals surface area contributed by atoms with Crippen molar-refractivity contribution in [1.82, 2.24) is 0 Å². The zero-order valence-electron chi connectivity index (χ0n) is 6.78. The molecule has 0 aliphatic heterocycles. The second kappa shape index (κ2) is 2.48. The van der Waals surface area contributed by atoms with E-state index in [1.54, 1.807) is 0 Å². The van der Waals surface area contributed by atoms with Crippen molar-refractivity contribution < 1.29 is 13.2 Å². The highest BCUT2D eigenvalue weighted by Crippen LogP contribution is 2.44. The molecule has 1 nitrogen and oxygen atoms in total. The normalized spacial score (nSPS) is 18.8. The number of benzene rings is 1. The van der Waals surface area contributed by atoms with Crippen LogP contribution in [0.4, 0.5) is 13.2 Å². The van der Waals surface area contributed by atoms with Crippen LogP contribution in [0.1, 0.15) is 18.4 Å². The molecule has 1 aliphatic carbocycles. The molecular formula is C9H8F3N. The summed E-state index contributed by atoms with van der Waals surface area (Å²) in [5.41, 5.74) is 4.97. The molecule has 1 aliphatic rings. The van der Waals surface area contributed by atoms with Crippen molar-refractivity contribution in [3.63, 3.8) is 0 Å². The smallest absolute Gasteiger partial charge is 0.194 e. The van der Waals surface area contributed by atoms with Crippen LogP contribution in [0.25, 0.3) is 0 Å². The molecule has 2 N–H and O–H groups in total. The van der Waals surface area contributed by atoms with Gasteiger partial charge >= 0.3 is 0 Å². The van der Waals surface area contributed by atoms with Gasteiger partial charge in [-0.25, -0.2) is 13.2 Å². The number of hydrogen-bond donors (Lipinski definition) is 1. The summed E-state index contributed by atoms with van der Waals surface area (Å²) in [6.45, 7) is 0. The zero-order chi connectivity index (χ0) is 9.64. The van der Waals surface area contributed by atoms with Gasteiger partial charge in [0, 0.05) is 11.1 Å². The molecule has 70 valence electrons. The van der Waals surface area contributed by atoms with E-state index >= 15 is 0 Å². The maximum Gasteiger partial charge on any atom is 0.194 e. The van der Waals surface area contributed by atoms with E-state index in [0.717, 1.165) is 6.07 Å². The van der Waals surface area contributed by atoms with Gasteiger partial charge in [0.2, 0.25) is 0 Å². The third kappa shape index (κ3) is 1.21. The van der Waals surface area contributed by atoms with E-state index in [9.17, 15) is 13.2 Å². The molecule has 1 fully saturated rings. The van der Waals surface area contributed by atoms with Crippen molar-refractivity contribution in [3.05, 3.63) is 35.1 Å². The fourth-order valence-corrected chi connectivity index (χ4v) is 1.31. The molecule has 0 radical (unpaired) electrons. The van der Waals surface area contributed by atoms with Crippen molar-refractivity contribution in [1.29, 1.82) is 0 Å². The van der Waals surface area contributed by atoms with E-state index in [2.05, 4.69) is 0 Å². The van der Waals surface area contributed by atoms with E-state index < -0.39 is 23.0 Å². The number of hydrogen-bond acceptors (Lipinski definition) is 1. The third-order valence-corrected chi connectivity index (χ3v) is 2.36. The molecule has 0 saturated heterocycles. The Morgan fingerprint density at radius 1 is 1.08 bits per heavy atom. The fraction of sp³-hybridized carbons (Fsp3) is 0.333. The summed E-state index contributed by atoms with van der Waals surface area (Å²) in [6, 6.07) is 2.11. The summed E-state index contributed by atoms with van der Waals surface area (Å²) in [6.07, 6.45) is 1.24. The molecule has 0 amide bonds. The first kappa shape index (κ1) is 8.56. The van der Waals surface area contributed by atoms with Gasteiger partial charge < -0.3 is 5.73 Å². The van der Waals surface area contributed by atoms with Crippen LogP contribution >= 0.6 is 0 Å². The highest BCUT2D eigenvalue weighted by molar-refractivity contribution is 5.31. The van der Waals surface area contributed by atoms with Gasteiger partial charge in [0.15, 0.2) is 17.5 Å². The SMILES string of the molecule is NC1(c2ccc(F)c(F)c2F)CC1. The van der Waals surface area contributed by atoms with Crippen LogP contribution in [0.15, 0.2) is 12.1 Å². The van der Waals surface area contributed by atoms with Crippen LogP contribution in [0.3, 0.4) is 0 Å². The molecule has 13 heavy (non-hydrogen) atoms. The molecular weight excluding hydrogens is 179 g/mol. The summed E-state index contributed by atoms with van der Waals surface area (Å²) in [5.74, 6) is -3.76. The highest BCUT2D eigenvalue weighted by atomic mass is 19.2. The van der Waals surface area contributed by atoms with Gasteiger partial charge in [0.05, 0.1) is 0 Å². The number of rotatable bonds is 1. The highest BCUT2D eigenvalue weighted by Gasteiger charge is 2.42. The minimum Gasteiger partial charge on any atom is -0.321 e. The Bertz CT molecular complexity index is 358. The average Bonchev–Trinajstić information content (AvgIpc) is 2.80. The van der Waals surface area contributed by atoms with E-state index in [1.807, 2.05) is 0 Å². The largest absolute Gasteiger partial charge is 0.321 e. The maximum atomic E-state index is 13.1. The van der Waals surface area contributed by atoms with Crippen LogP contribution in [0.5, 0.6) is 0 Å². The summed E-state index contributed by atoms with van der Waals surface area (Å²) in [4.78, 5) is 0. The fourth-order valence-electron chi connectivity index (χ4n) is 1.31. The zero-order valence-corrected chi connectivity index (χ0v) is 6.78. The maximum absolute atomic E-state index is 13.1. The molecule has 0 heterocycles. The van der Waals surface area contributed by atoms with Gasteiger partial charge in [-0.1, -0.05) is 6.07 Å². The monoisotopic (exact) mass is 187 g/mol. The summed E-state index contributed by atoms with van der Waals surface area (Å²) in [7, 11) is 0. The first-order valence-electron chi connectivity index (χ1n) is 3.97. The summed E-state index contributed by atoms with van der Waals surface area (Å²) >= 11 is 0. The van der Waals surface area contributed by atoms with Gasteiger partial charge in [-0.05, 0) is 18.9 Å². The first-order chi connectivity index (χ1) is 6.04. The standard InChI is InChI=1S/C9H8F3N/c10-6-2-1-5(7(11)8(6)12)9(13)3-4-9/h1-2H,3-4,13H2. The van der Waals surface area contributed by atoms with Crippen molar-refractivity contribution in [3.8, 4) is 0 Å². The van der Waals surface area contributed by atoms with Gasteiger partial charge in [-0.3, -0.25) is 0 Å². The van der Waals surface area contributed by atoms with Gasteiger partial charge in [0.25, 0.3) is 0 Å². The van der Waals surface area contributed by atoms with Crippen molar-refractivity contribution in [2.75, 3.05) is 0 Å². The lowest BCUT2D eigenvalue weighted by molar-refractivity contribution is 0.434. The van der Waals surface area contributed by atoms with E-state index in [-0.39, 0.29) is 5.56 Å². The molecule has 4 heteroatoms. The lowest BCUT2D eigenvalue weighted by atomic mass is 10.1. The van der Waals surface area contributed by atoms with E-state index in [0.29, 0.717) is 12.8 Å². The van der Waals surface area contributed by atoms with Gasteiger partial charge in [-0.15, -0.1) is 0 Å². The van der Waals surface area contributed by atoms with Crippen LogP contribution < -0.4 is 5.73 Å². The molecule has 2 rings (SSSR count). The average molecular weight is 187 g/mol. The predicted molar refractivity (Wildman–Crippen MR) is 41.4 cm³/mol. The number of nitrogens with two attached hydrogens (primary N) is 1. The first-order valence-corrected chi connectivity index (χ1v) is 3.97. The molecule has 0 bridgehead atoms. The number of halogens is 3. The Morgan fingerprint density at radius 2 is 1.69 bits per heavy atom. The van der Waals surface area contributed by atoms with Crippen LogP contribution in [0.2, 0.25) is 0 Å². The second-order valence-electron chi connectivity index (χ2n) is 3.38. The molecule has 0 atom stereocenters. The molecule has 0 unspecified atom stereocenters. The molecule has 1 aromatic carbocycles. The third-order valence-electron chi connectivity index (χ3n) is 2.36. The topological polar surface area (TPSA) is 26.0 Å². The molecule has 0 aromatic heterocycles. The minimum atomic E-state index is -1.44. The molecule has 0 spiro atoms. The lowest BCUT2D eigenvalue weighted by Gasteiger charge is -2.10. The Morgan fingerprint density at radius 3 is 2.23 bits per heavy atom. The Labute approximate surface area is 73.4 Å². The molecule has 1 saturated carbocycles. The molecule has 1 aromatic rings. The summed E-state index contributed by atoms with van der Waals surface area (Å²) < 4.78 is 38.4. The summed E-state index contributed by atoms with van der Waals surface area (Å²) in [5, 5.41) is 0. The Kier molecular flexibility index (Phi) is 1.63. The van der Waals surface area contributed by atoms with Gasteiger partial charge in [-0.2, -0.15) is 0 Å². The van der Waals surface area contributed by atoms with Crippen molar-refractivity contribution in [2.45, 2.75) is 18.4 Å². The van der Waals surface area contributed by atoms with Crippen LogP contribution in [-0.2, 0) is 5.54 Å². The van der Waals surface area contributed by atoms with Gasteiger partial charge in [0.1, 0.15) is 0 Å². The van der Waals surface area contributed by atoms with Crippen LogP contribution in [0, 0.1) is 17.5 Å². The van der Waals surface area contributed by atoms with E-state index in [4.69, 9.17) is 5.73 Å². The lowest BCUT2D eigenvalue weighted by Crippen LogP contribution is -2.21. The van der Waals surface area contributed by atoms with Crippen LogP contribution in [-0.4, -0.2) is 0 Å². The second-order valence-corrected chi connectivity index (χ2v) is 3.38. The van der Waals surface area contributed by atoms with Crippen molar-refractivity contribution in [2.24, 2.45) is 5.73 Å². The Hall–Kier alpha value is -1.03.